The van der Waals surface area contributed by atoms with Gasteiger partial charge in [-0.15, -0.1) is 0 Å². The molecule has 2 heterocycles. The van der Waals surface area contributed by atoms with Crippen LogP contribution in [0.25, 0.3) is 0 Å². The quantitative estimate of drug-likeness (QED) is 0.776. The molecule has 0 aromatic heterocycles. The summed E-state index contributed by atoms with van der Waals surface area (Å²) in [6.45, 7) is 7.99. The standard InChI is InChI=1S/C22H31NO4/c1-21(2)18-9-11-22(3,10-6-12-23(13-15-24)14-16-25)27-20(18)17-7-4-5-8-19(17)26-21/h4-5,7-8,18,20,24-25H,9,11-16H2,1-3H3. The van der Waals surface area contributed by atoms with Crippen LogP contribution in [0.2, 0.25) is 0 Å². The van der Waals surface area contributed by atoms with Crippen molar-refractivity contribution in [2.45, 2.75) is 50.9 Å². The average molecular weight is 373 g/mol. The van der Waals surface area contributed by atoms with Crippen LogP contribution in [0.3, 0.4) is 0 Å². The molecule has 0 radical (unpaired) electrons. The Morgan fingerprint density at radius 1 is 1.15 bits per heavy atom. The summed E-state index contributed by atoms with van der Waals surface area (Å²) in [6, 6.07) is 8.12. The minimum Gasteiger partial charge on any atom is -0.487 e. The van der Waals surface area contributed by atoms with Gasteiger partial charge in [-0.3, -0.25) is 4.90 Å². The van der Waals surface area contributed by atoms with Crippen LogP contribution < -0.4 is 4.74 Å². The summed E-state index contributed by atoms with van der Waals surface area (Å²) < 4.78 is 12.8. The van der Waals surface area contributed by atoms with Crippen LogP contribution in [0.5, 0.6) is 5.75 Å². The highest BCUT2D eigenvalue weighted by Crippen LogP contribution is 2.52. The number of benzene rings is 1. The molecule has 148 valence electrons. The normalized spacial score (nSPS) is 28.5. The van der Waals surface area contributed by atoms with Crippen molar-refractivity contribution in [2.75, 3.05) is 32.8 Å². The molecule has 27 heavy (non-hydrogen) atoms. The van der Waals surface area contributed by atoms with Gasteiger partial charge in [-0.25, -0.2) is 0 Å². The molecule has 3 unspecified atom stereocenters. The van der Waals surface area contributed by atoms with E-state index in [0.717, 1.165) is 24.2 Å². The predicted octanol–water partition coefficient (Wildman–Crippen LogP) is 2.37. The predicted molar refractivity (Wildman–Crippen MR) is 104 cm³/mol. The highest BCUT2D eigenvalue weighted by atomic mass is 16.5. The van der Waals surface area contributed by atoms with Gasteiger partial charge in [0.05, 0.1) is 25.9 Å². The minimum atomic E-state index is -0.508. The van der Waals surface area contributed by atoms with Crippen molar-refractivity contribution in [1.29, 1.82) is 0 Å². The van der Waals surface area contributed by atoms with Crippen LogP contribution in [0.15, 0.2) is 24.3 Å². The highest BCUT2D eigenvalue weighted by Gasteiger charge is 2.49. The lowest BCUT2D eigenvalue weighted by molar-refractivity contribution is -0.169. The molecule has 5 heteroatoms. The number of aliphatic hydroxyl groups excluding tert-OH is 2. The van der Waals surface area contributed by atoms with E-state index in [1.165, 1.54) is 0 Å². The zero-order chi connectivity index (χ0) is 19.5. The second kappa shape index (κ2) is 8.20. The largest absolute Gasteiger partial charge is 0.487 e. The van der Waals surface area contributed by atoms with Crippen molar-refractivity contribution in [3.8, 4) is 17.6 Å². The Kier molecular flexibility index (Phi) is 6.12. The van der Waals surface area contributed by atoms with Gasteiger partial charge in [0, 0.05) is 24.6 Å². The lowest BCUT2D eigenvalue weighted by atomic mass is 9.73. The Balaban J connectivity index is 1.77. The van der Waals surface area contributed by atoms with E-state index in [0.29, 0.717) is 25.6 Å². The van der Waals surface area contributed by atoms with Gasteiger partial charge in [0.2, 0.25) is 0 Å². The van der Waals surface area contributed by atoms with Crippen LogP contribution in [0.4, 0.5) is 0 Å². The Morgan fingerprint density at radius 3 is 2.56 bits per heavy atom. The second-order valence-electron chi connectivity index (χ2n) is 8.18. The van der Waals surface area contributed by atoms with E-state index in [1.807, 2.05) is 23.1 Å². The number of rotatable bonds is 5. The third kappa shape index (κ3) is 4.47. The van der Waals surface area contributed by atoms with Crippen LogP contribution >= 0.6 is 0 Å². The number of hydrogen-bond donors (Lipinski definition) is 2. The summed E-state index contributed by atoms with van der Waals surface area (Å²) >= 11 is 0. The molecule has 1 aromatic carbocycles. The van der Waals surface area contributed by atoms with Crippen molar-refractivity contribution in [3.05, 3.63) is 29.8 Å². The maximum absolute atomic E-state index is 9.13. The van der Waals surface area contributed by atoms with Crippen molar-refractivity contribution >= 4 is 0 Å². The Bertz CT molecular complexity index is 702. The summed E-state index contributed by atoms with van der Waals surface area (Å²) in [5.74, 6) is 7.72. The van der Waals surface area contributed by atoms with Gasteiger partial charge in [-0.1, -0.05) is 30.0 Å². The van der Waals surface area contributed by atoms with Gasteiger partial charge in [0.1, 0.15) is 17.0 Å². The molecule has 2 N–H and O–H groups in total. The SMILES string of the molecule is CC1(C#CCN(CCO)CCO)CCC2C(O1)c1ccccc1OC2(C)C. The van der Waals surface area contributed by atoms with E-state index in [-0.39, 0.29) is 24.9 Å². The minimum absolute atomic E-state index is 0.0241. The third-order valence-electron chi connectivity index (χ3n) is 5.66. The van der Waals surface area contributed by atoms with Gasteiger partial charge in [0.25, 0.3) is 0 Å². The lowest BCUT2D eigenvalue weighted by Crippen LogP contribution is -2.50. The fourth-order valence-corrected chi connectivity index (χ4v) is 4.15. The molecule has 3 rings (SSSR count). The molecule has 5 nitrogen and oxygen atoms in total. The summed E-state index contributed by atoms with van der Waals surface area (Å²) in [6.07, 6.45) is 1.83. The number of hydrogen-bond acceptors (Lipinski definition) is 5. The summed E-state index contributed by atoms with van der Waals surface area (Å²) in [7, 11) is 0. The summed E-state index contributed by atoms with van der Waals surface area (Å²) in [5, 5.41) is 18.3. The van der Waals surface area contributed by atoms with E-state index in [1.54, 1.807) is 0 Å². The highest BCUT2D eigenvalue weighted by molar-refractivity contribution is 5.39. The van der Waals surface area contributed by atoms with Crippen LogP contribution in [0, 0.1) is 17.8 Å². The Hall–Kier alpha value is -1.58. The molecular formula is C22H31NO4. The molecule has 0 saturated carbocycles. The fraction of sp³-hybridized carbons (Fsp3) is 0.636. The molecular weight excluding hydrogens is 342 g/mol. The molecule has 0 aliphatic carbocycles. The molecule has 0 bridgehead atoms. The number of nitrogens with zero attached hydrogens (tertiary/aromatic N) is 1. The topological polar surface area (TPSA) is 62.2 Å². The van der Waals surface area contributed by atoms with E-state index in [4.69, 9.17) is 19.7 Å². The van der Waals surface area contributed by atoms with Crippen molar-refractivity contribution in [1.82, 2.24) is 4.90 Å². The van der Waals surface area contributed by atoms with Crippen LogP contribution in [-0.4, -0.2) is 59.2 Å². The van der Waals surface area contributed by atoms with Crippen LogP contribution in [0.1, 0.15) is 45.3 Å². The molecule has 2 aliphatic rings. The number of ether oxygens (including phenoxy) is 2. The number of aliphatic hydroxyl groups is 2. The van der Waals surface area contributed by atoms with Gasteiger partial charge in [-0.2, -0.15) is 0 Å². The van der Waals surface area contributed by atoms with Crippen LogP contribution in [-0.2, 0) is 4.74 Å². The Morgan fingerprint density at radius 2 is 1.85 bits per heavy atom. The smallest absolute Gasteiger partial charge is 0.126 e. The van der Waals surface area contributed by atoms with E-state index < -0.39 is 5.60 Å². The number of para-hydroxylation sites is 1. The van der Waals surface area contributed by atoms with Gasteiger partial charge < -0.3 is 19.7 Å². The first-order valence-electron chi connectivity index (χ1n) is 9.78. The molecule has 1 fully saturated rings. The van der Waals surface area contributed by atoms with Gasteiger partial charge in [-0.05, 0) is 39.7 Å². The molecule has 3 atom stereocenters. The first-order chi connectivity index (χ1) is 12.9. The molecule has 0 amide bonds. The third-order valence-corrected chi connectivity index (χ3v) is 5.66. The molecule has 0 spiro atoms. The molecule has 1 aromatic rings. The first kappa shape index (κ1) is 20.2. The number of fused-ring (bicyclic) bond motifs is 3. The van der Waals surface area contributed by atoms with Gasteiger partial charge in [0.15, 0.2) is 0 Å². The second-order valence-corrected chi connectivity index (χ2v) is 8.18. The van der Waals surface area contributed by atoms with Crippen molar-refractivity contribution < 1.29 is 19.7 Å². The summed E-state index contributed by atoms with van der Waals surface area (Å²) in [4.78, 5) is 1.94. The van der Waals surface area contributed by atoms with E-state index in [2.05, 4.69) is 38.7 Å². The fourth-order valence-electron chi connectivity index (χ4n) is 4.15. The zero-order valence-corrected chi connectivity index (χ0v) is 16.6. The molecule has 2 aliphatic heterocycles. The maximum atomic E-state index is 9.13. The molecule has 1 saturated heterocycles. The van der Waals surface area contributed by atoms with E-state index in [9.17, 15) is 0 Å². The zero-order valence-electron chi connectivity index (χ0n) is 16.6. The average Bonchev–Trinajstić information content (AvgIpc) is 2.61. The van der Waals surface area contributed by atoms with Gasteiger partial charge >= 0.3 is 0 Å². The van der Waals surface area contributed by atoms with E-state index >= 15 is 0 Å². The van der Waals surface area contributed by atoms with Crippen molar-refractivity contribution in [3.63, 3.8) is 0 Å². The lowest BCUT2D eigenvalue weighted by Gasteiger charge is -2.50. The monoisotopic (exact) mass is 373 g/mol. The first-order valence-corrected chi connectivity index (χ1v) is 9.78. The van der Waals surface area contributed by atoms with Crippen molar-refractivity contribution in [2.24, 2.45) is 5.92 Å². The Labute approximate surface area is 162 Å². The summed E-state index contributed by atoms with van der Waals surface area (Å²) in [5.41, 5.74) is 0.329. The maximum Gasteiger partial charge on any atom is 0.126 e.